The predicted octanol–water partition coefficient (Wildman–Crippen LogP) is 4.23. The number of aryl methyl sites for hydroxylation is 2. The number of ether oxygens (including phenoxy) is 1. The van der Waals surface area contributed by atoms with E-state index in [-0.39, 0.29) is 10.8 Å². The van der Waals surface area contributed by atoms with E-state index in [0.717, 1.165) is 36.8 Å². The molecule has 0 spiro atoms. The Kier molecular flexibility index (Phi) is 5.17. The van der Waals surface area contributed by atoms with E-state index in [1.165, 1.54) is 16.9 Å². The molecule has 3 aromatic rings. The molecule has 1 aliphatic carbocycles. The molecule has 2 aromatic carbocycles. The van der Waals surface area contributed by atoms with Crippen molar-refractivity contribution < 1.29 is 17.9 Å². The minimum absolute atomic E-state index is 0.119. The summed E-state index contributed by atoms with van der Waals surface area (Å²) >= 11 is 1.22. The van der Waals surface area contributed by atoms with Gasteiger partial charge in [0, 0.05) is 18.0 Å². The third kappa shape index (κ3) is 3.75. The van der Waals surface area contributed by atoms with Gasteiger partial charge in [0.15, 0.2) is 11.2 Å². The Morgan fingerprint density at radius 1 is 1.12 bits per heavy atom. The molecule has 0 bridgehead atoms. The van der Waals surface area contributed by atoms with Gasteiger partial charge in [-0.25, -0.2) is 13.4 Å². The van der Waals surface area contributed by atoms with Crippen molar-refractivity contribution in [1.29, 1.82) is 0 Å². The molecule has 5 rings (SSSR count). The predicted molar refractivity (Wildman–Crippen MR) is 125 cm³/mol. The van der Waals surface area contributed by atoms with E-state index >= 15 is 0 Å². The molecule has 7 nitrogen and oxygen atoms in total. The molecule has 1 unspecified atom stereocenters. The molecule has 32 heavy (non-hydrogen) atoms. The number of hydrogen-bond donors (Lipinski definition) is 1. The molecule has 1 atom stereocenters. The topological polar surface area (TPSA) is 88.6 Å². The molecule has 0 saturated heterocycles. The Morgan fingerprint density at radius 2 is 1.91 bits per heavy atom. The number of hydrogen-bond acceptors (Lipinski definition) is 6. The van der Waals surface area contributed by atoms with Crippen LogP contribution in [0.25, 0.3) is 11.3 Å². The number of thiazole rings is 1. The zero-order valence-corrected chi connectivity index (χ0v) is 19.4. The van der Waals surface area contributed by atoms with Crippen molar-refractivity contribution in [2.75, 3.05) is 16.7 Å². The van der Waals surface area contributed by atoms with Gasteiger partial charge in [-0.05, 0) is 74.1 Å². The zero-order chi connectivity index (χ0) is 22.5. The van der Waals surface area contributed by atoms with Crippen LogP contribution in [0.3, 0.4) is 0 Å². The van der Waals surface area contributed by atoms with E-state index in [9.17, 15) is 13.2 Å². The third-order valence-corrected chi connectivity index (χ3v) is 8.18. The van der Waals surface area contributed by atoms with Gasteiger partial charge in [0.05, 0.1) is 16.3 Å². The van der Waals surface area contributed by atoms with Gasteiger partial charge in [0.1, 0.15) is 5.75 Å². The van der Waals surface area contributed by atoms with Crippen LogP contribution in [0.2, 0.25) is 0 Å². The highest BCUT2D eigenvalue weighted by atomic mass is 32.2. The molecule has 9 heteroatoms. The van der Waals surface area contributed by atoms with E-state index in [1.54, 1.807) is 42.5 Å². The van der Waals surface area contributed by atoms with Crippen LogP contribution in [0.15, 0.2) is 46.7 Å². The smallest absolute Gasteiger partial charge is 0.267 e. The Bertz CT molecular complexity index is 1320. The number of rotatable bonds is 4. The molecule has 0 radical (unpaired) electrons. The van der Waals surface area contributed by atoms with Crippen molar-refractivity contribution in [2.45, 2.75) is 43.6 Å². The van der Waals surface area contributed by atoms with E-state index in [1.807, 2.05) is 18.2 Å². The highest BCUT2D eigenvalue weighted by Crippen LogP contribution is 2.37. The van der Waals surface area contributed by atoms with Gasteiger partial charge in [0.2, 0.25) is 0 Å². The Hall–Kier alpha value is -2.91. The number of aromatic nitrogens is 1. The first-order valence-corrected chi connectivity index (χ1v) is 12.9. The molecular weight excluding hydrogens is 446 g/mol. The summed E-state index contributed by atoms with van der Waals surface area (Å²) < 4.78 is 34.1. The average Bonchev–Trinajstić information content (AvgIpc) is 3.25. The number of likely N-dealkylation sites (N-methyl/N-ethyl adjacent to an activating group) is 1. The van der Waals surface area contributed by atoms with E-state index in [4.69, 9.17) is 4.74 Å². The van der Waals surface area contributed by atoms with Crippen molar-refractivity contribution in [3.63, 3.8) is 0 Å². The maximum atomic E-state index is 12.9. The van der Waals surface area contributed by atoms with Gasteiger partial charge in [-0.2, -0.15) is 0 Å². The molecule has 1 aliphatic heterocycles. The first-order chi connectivity index (χ1) is 15.3. The number of nitrogens with one attached hydrogen (secondary N) is 1. The van der Waals surface area contributed by atoms with Crippen LogP contribution < -0.4 is 14.4 Å². The average molecular weight is 470 g/mol. The van der Waals surface area contributed by atoms with Gasteiger partial charge >= 0.3 is 0 Å². The molecule has 0 fully saturated rings. The lowest BCUT2D eigenvalue weighted by Gasteiger charge is -2.30. The molecule has 166 valence electrons. The van der Waals surface area contributed by atoms with E-state index in [0.29, 0.717) is 22.3 Å². The minimum atomic E-state index is -3.73. The van der Waals surface area contributed by atoms with Crippen LogP contribution >= 0.6 is 11.3 Å². The molecule has 1 N–H and O–H groups in total. The molecule has 2 aliphatic rings. The van der Waals surface area contributed by atoms with E-state index in [2.05, 4.69) is 9.71 Å². The highest BCUT2D eigenvalue weighted by molar-refractivity contribution is 7.93. The largest absolute Gasteiger partial charge is 0.479 e. The Labute approximate surface area is 191 Å². The number of sulfonamides is 1. The monoisotopic (exact) mass is 469 g/mol. The molecule has 2 heterocycles. The second-order valence-electron chi connectivity index (χ2n) is 8.12. The summed E-state index contributed by atoms with van der Waals surface area (Å²) in [6.45, 7) is 1.72. The van der Waals surface area contributed by atoms with Crippen LogP contribution in [0.5, 0.6) is 5.75 Å². The standard InChI is InChI=1S/C23H23N3O4S2/c1-14-22(27)26(2)20-12-17(8-10-21(20)30-14)19-13-31-23(24-19)25-32(28,29)18-9-7-15-5-3-4-6-16(15)11-18/h7-14H,3-6H2,1-2H3,(H,24,25). The van der Waals surface area contributed by atoms with Crippen molar-refractivity contribution in [2.24, 2.45) is 0 Å². The lowest BCUT2D eigenvalue weighted by Crippen LogP contribution is -2.41. The minimum Gasteiger partial charge on any atom is -0.479 e. The molecule has 1 amide bonds. The number of benzene rings is 2. The third-order valence-electron chi connectivity index (χ3n) is 5.95. The summed E-state index contributed by atoms with van der Waals surface area (Å²) in [6, 6.07) is 10.9. The number of carbonyl (C=O) groups excluding carboxylic acids is 1. The van der Waals surface area contributed by atoms with Crippen LogP contribution in [0, 0.1) is 0 Å². The van der Waals surface area contributed by atoms with Gasteiger partial charge in [-0.1, -0.05) is 6.07 Å². The summed E-state index contributed by atoms with van der Waals surface area (Å²) in [5, 5.41) is 2.09. The van der Waals surface area contributed by atoms with E-state index < -0.39 is 16.1 Å². The van der Waals surface area contributed by atoms with Gasteiger partial charge in [-0.3, -0.25) is 9.52 Å². The van der Waals surface area contributed by atoms with Crippen molar-refractivity contribution >= 4 is 38.1 Å². The fraction of sp³-hybridized carbons (Fsp3) is 0.304. The maximum absolute atomic E-state index is 12.9. The van der Waals surface area contributed by atoms with Gasteiger partial charge < -0.3 is 9.64 Å². The quantitative estimate of drug-likeness (QED) is 0.618. The summed E-state index contributed by atoms with van der Waals surface area (Å²) in [6.07, 6.45) is 3.63. The van der Waals surface area contributed by atoms with Crippen LogP contribution in [0.4, 0.5) is 10.8 Å². The van der Waals surface area contributed by atoms with Crippen molar-refractivity contribution in [3.8, 4) is 17.0 Å². The first kappa shape index (κ1) is 21.0. The van der Waals surface area contributed by atoms with Crippen molar-refractivity contribution in [1.82, 2.24) is 4.98 Å². The second kappa shape index (κ2) is 7.90. The number of nitrogens with zero attached hydrogens (tertiary/aromatic N) is 2. The summed E-state index contributed by atoms with van der Waals surface area (Å²) in [7, 11) is -2.02. The highest BCUT2D eigenvalue weighted by Gasteiger charge is 2.29. The lowest BCUT2D eigenvalue weighted by molar-refractivity contribution is -0.125. The summed E-state index contributed by atoms with van der Waals surface area (Å²) in [4.78, 5) is 18.5. The number of amides is 1. The van der Waals surface area contributed by atoms with Gasteiger partial charge in [-0.15, -0.1) is 11.3 Å². The van der Waals surface area contributed by atoms with Crippen LogP contribution in [-0.4, -0.2) is 32.5 Å². The summed E-state index contributed by atoms with van der Waals surface area (Å²) in [5.41, 5.74) is 4.41. The number of fused-ring (bicyclic) bond motifs is 2. The Morgan fingerprint density at radius 3 is 2.72 bits per heavy atom. The van der Waals surface area contributed by atoms with Gasteiger partial charge in [0.25, 0.3) is 15.9 Å². The SMILES string of the molecule is CC1Oc2ccc(-c3csc(NS(=O)(=O)c4ccc5c(c4)CCCC5)n3)cc2N(C)C1=O. The first-order valence-electron chi connectivity index (χ1n) is 10.5. The summed E-state index contributed by atoms with van der Waals surface area (Å²) in [5.74, 6) is 0.512. The van der Waals surface area contributed by atoms with Crippen molar-refractivity contribution in [3.05, 3.63) is 52.9 Å². The number of carbonyl (C=O) groups is 1. The fourth-order valence-electron chi connectivity index (χ4n) is 4.17. The maximum Gasteiger partial charge on any atom is 0.267 e. The Balaban J connectivity index is 1.39. The normalized spacial score (nSPS) is 18.0. The molecular formula is C23H23N3O4S2. The lowest BCUT2D eigenvalue weighted by atomic mass is 9.92. The molecule has 0 saturated carbocycles. The fourth-order valence-corrected chi connectivity index (χ4v) is 6.20. The second-order valence-corrected chi connectivity index (χ2v) is 10.7. The van der Waals surface area contributed by atoms with Crippen LogP contribution in [0.1, 0.15) is 30.9 Å². The van der Waals surface area contributed by atoms with Crippen LogP contribution in [-0.2, 0) is 27.7 Å². The number of anilines is 2. The zero-order valence-electron chi connectivity index (χ0n) is 17.8. The molecule has 1 aromatic heterocycles.